The van der Waals surface area contributed by atoms with E-state index in [2.05, 4.69) is 0 Å². The van der Waals surface area contributed by atoms with Crippen molar-refractivity contribution in [2.75, 3.05) is 33.9 Å². The first-order chi connectivity index (χ1) is 15.3. The molecule has 1 aliphatic heterocycles. The maximum absolute atomic E-state index is 13.2. The summed E-state index contributed by atoms with van der Waals surface area (Å²) in [4.78, 5) is 15.0. The number of nitrogens with zero attached hydrogens (tertiary/aromatic N) is 2. The van der Waals surface area contributed by atoms with Crippen molar-refractivity contribution in [3.63, 3.8) is 0 Å². The molecule has 1 saturated heterocycles. The van der Waals surface area contributed by atoms with Crippen LogP contribution in [0.5, 0.6) is 11.5 Å². The number of hydrogen-bond acceptors (Lipinski definition) is 5. The highest BCUT2D eigenvalue weighted by molar-refractivity contribution is 7.89. The third kappa shape index (κ3) is 5.42. The number of rotatable bonds is 8. The number of hydrogen-bond donors (Lipinski definition) is 0. The van der Waals surface area contributed by atoms with Gasteiger partial charge in [0, 0.05) is 26.7 Å². The molecule has 2 aromatic rings. The van der Waals surface area contributed by atoms with E-state index in [-0.39, 0.29) is 23.3 Å². The molecule has 0 bridgehead atoms. The Bertz CT molecular complexity index is 1040. The minimum Gasteiger partial charge on any atom is -0.497 e. The van der Waals surface area contributed by atoms with Crippen molar-refractivity contribution < 1.29 is 22.7 Å². The van der Waals surface area contributed by atoms with E-state index < -0.39 is 10.0 Å². The fourth-order valence-corrected chi connectivity index (χ4v) is 5.62. The van der Waals surface area contributed by atoms with Gasteiger partial charge in [-0.3, -0.25) is 4.79 Å². The van der Waals surface area contributed by atoms with Crippen LogP contribution in [0.4, 0.5) is 0 Å². The number of carbonyl (C=O) groups is 1. The molecule has 1 fully saturated rings. The van der Waals surface area contributed by atoms with E-state index in [9.17, 15) is 13.2 Å². The van der Waals surface area contributed by atoms with Gasteiger partial charge in [-0.1, -0.05) is 12.1 Å². The van der Waals surface area contributed by atoms with Gasteiger partial charge in [0.25, 0.3) is 0 Å². The van der Waals surface area contributed by atoms with Gasteiger partial charge in [-0.15, -0.1) is 0 Å². The van der Waals surface area contributed by atoms with Crippen LogP contribution in [0.1, 0.15) is 30.9 Å². The first kappa shape index (κ1) is 24.1. The Morgan fingerprint density at radius 2 is 1.91 bits per heavy atom. The van der Waals surface area contributed by atoms with E-state index in [0.717, 1.165) is 16.9 Å². The zero-order valence-electron chi connectivity index (χ0n) is 19.2. The Balaban J connectivity index is 1.69. The summed E-state index contributed by atoms with van der Waals surface area (Å²) in [6.07, 6.45) is 1.34. The Morgan fingerprint density at radius 3 is 2.53 bits per heavy atom. The highest BCUT2D eigenvalue weighted by Gasteiger charge is 2.34. The molecule has 0 radical (unpaired) electrons. The number of aryl methyl sites for hydroxylation is 1. The SMILES string of the molecule is CCOc1ccc(S(=O)(=O)N2CCC[C@@H](C(=O)N(C)Cc3ccc(OC)cc3)C2)cc1C. The van der Waals surface area contributed by atoms with Crippen molar-refractivity contribution in [3.05, 3.63) is 53.6 Å². The lowest BCUT2D eigenvalue weighted by Crippen LogP contribution is -2.45. The molecule has 32 heavy (non-hydrogen) atoms. The van der Waals surface area contributed by atoms with Crippen molar-refractivity contribution >= 4 is 15.9 Å². The van der Waals surface area contributed by atoms with Crippen LogP contribution in [0.15, 0.2) is 47.4 Å². The fourth-order valence-electron chi connectivity index (χ4n) is 4.01. The topological polar surface area (TPSA) is 76.2 Å². The first-order valence-electron chi connectivity index (χ1n) is 10.9. The van der Waals surface area contributed by atoms with Gasteiger partial charge in [0.05, 0.1) is 24.5 Å². The summed E-state index contributed by atoms with van der Waals surface area (Å²) in [6, 6.07) is 12.5. The third-order valence-corrected chi connectivity index (χ3v) is 7.63. The molecule has 2 aromatic carbocycles. The highest BCUT2D eigenvalue weighted by atomic mass is 32.2. The number of carbonyl (C=O) groups excluding carboxylic acids is 1. The standard InChI is InChI=1S/C24H32N2O5S/c1-5-31-23-13-12-22(15-18(23)2)32(28,29)26-14-6-7-20(17-26)24(27)25(3)16-19-8-10-21(30-4)11-9-19/h8-13,15,20H,5-7,14,16-17H2,1-4H3/t20-/m1/s1. The molecule has 0 unspecified atom stereocenters. The molecule has 1 aliphatic rings. The Morgan fingerprint density at radius 1 is 1.19 bits per heavy atom. The Kier molecular flexibility index (Phi) is 7.79. The molecule has 1 amide bonds. The second-order valence-corrected chi connectivity index (χ2v) is 10.0. The number of methoxy groups -OCH3 is 1. The minimum absolute atomic E-state index is 0.0383. The molecule has 0 N–H and O–H groups in total. The molecule has 0 aliphatic carbocycles. The summed E-state index contributed by atoms with van der Waals surface area (Å²) in [7, 11) is -0.309. The lowest BCUT2D eigenvalue weighted by Gasteiger charge is -2.33. The van der Waals surface area contributed by atoms with Crippen LogP contribution in [-0.4, -0.2) is 57.4 Å². The van der Waals surface area contributed by atoms with Gasteiger partial charge in [-0.25, -0.2) is 8.42 Å². The summed E-state index contributed by atoms with van der Waals surface area (Å²) < 4.78 is 38.6. The number of piperidine rings is 1. The molecule has 7 nitrogen and oxygen atoms in total. The zero-order chi connectivity index (χ0) is 23.3. The third-order valence-electron chi connectivity index (χ3n) is 5.77. The monoisotopic (exact) mass is 460 g/mol. The molecule has 174 valence electrons. The van der Waals surface area contributed by atoms with Crippen molar-refractivity contribution in [2.24, 2.45) is 5.92 Å². The summed E-state index contributed by atoms with van der Waals surface area (Å²) >= 11 is 0. The average Bonchev–Trinajstić information content (AvgIpc) is 2.80. The number of amides is 1. The number of ether oxygens (including phenoxy) is 2. The molecule has 1 atom stereocenters. The minimum atomic E-state index is -3.68. The molecule has 3 rings (SSSR count). The van der Waals surface area contributed by atoms with Gasteiger partial charge >= 0.3 is 0 Å². The first-order valence-corrected chi connectivity index (χ1v) is 12.3. The quantitative estimate of drug-likeness (QED) is 0.603. The number of sulfonamides is 1. The van der Waals surface area contributed by atoms with Crippen LogP contribution >= 0.6 is 0 Å². The largest absolute Gasteiger partial charge is 0.497 e. The van der Waals surface area contributed by atoms with Crippen LogP contribution in [0, 0.1) is 12.8 Å². The lowest BCUT2D eigenvalue weighted by atomic mass is 9.98. The predicted octanol–water partition coefficient (Wildman–Crippen LogP) is 3.46. The van der Waals surface area contributed by atoms with Gasteiger partial charge in [-0.2, -0.15) is 4.31 Å². The smallest absolute Gasteiger partial charge is 0.243 e. The maximum Gasteiger partial charge on any atom is 0.243 e. The van der Waals surface area contributed by atoms with E-state index in [0.29, 0.717) is 38.3 Å². The van der Waals surface area contributed by atoms with Crippen LogP contribution in [-0.2, 0) is 21.4 Å². The van der Waals surface area contributed by atoms with Crippen molar-refractivity contribution in [3.8, 4) is 11.5 Å². The lowest BCUT2D eigenvalue weighted by molar-refractivity contribution is -0.135. The zero-order valence-corrected chi connectivity index (χ0v) is 20.0. The van der Waals surface area contributed by atoms with Crippen LogP contribution in [0.2, 0.25) is 0 Å². The van der Waals surface area contributed by atoms with Gasteiger partial charge in [0.2, 0.25) is 15.9 Å². The molecular weight excluding hydrogens is 428 g/mol. The average molecular weight is 461 g/mol. The van der Waals surface area contributed by atoms with Gasteiger partial charge in [0.1, 0.15) is 11.5 Å². The highest BCUT2D eigenvalue weighted by Crippen LogP contribution is 2.28. The second-order valence-electron chi connectivity index (χ2n) is 8.10. The van der Waals surface area contributed by atoms with Gasteiger partial charge in [-0.05, 0) is 68.1 Å². The van der Waals surface area contributed by atoms with Crippen LogP contribution < -0.4 is 9.47 Å². The van der Waals surface area contributed by atoms with E-state index in [1.807, 2.05) is 38.1 Å². The Hall–Kier alpha value is -2.58. The normalized spacial score (nSPS) is 17.1. The second kappa shape index (κ2) is 10.4. The fraction of sp³-hybridized carbons (Fsp3) is 0.458. The summed E-state index contributed by atoms with van der Waals surface area (Å²) in [6.45, 7) is 5.32. The molecule has 0 spiro atoms. The van der Waals surface area contributed by atoms with Gasteiger partial charge < -0.3 is 14.4 Å². The van der Waals surface area contributed by atoms with E-state index in [1.54, 1.807) is 37.3 Å². The summed E-state index contributed by atoms with van der Waals surface area (Å²) in [5.41, 5.74) is 1.77. The van der Waals surface area contributed by atoms with Crippen molar-refractivity contribution in [1.29, 1.82) is 0 Å². The molecule has 0 saturated carbocycles. The molecule has 1 heterocycles. The summed E-state index contributed by atoms with van der Waals surface area (Å²) in [5, 5.41) is 0. The molecule has 8 heteroatoms. The van der Waals surface area contributed by atoms with E-state index >= 15 is 0 Å². The Labute approximate surface area is 191 Å². The van der Waals surface area contributed by atoms with Crippen molar-refractivity contribution in [1.82, 2.24) is 9.21 Å². The van der Waals surface area contributed by atoms with E-state index in [1.165, 1.54) is 4.31 Å². The summed E-state index contributed by atoms with van der Waals surface area (Å²) in [5.74, 6) is 1.05. The number of benzene rings is 2. The van der Waals surface area contributed by atoms with Crippen LogP contribution in [0.25, 0.3) is 0 Å². The van der Waals surface area contributed by atoms with E-state index in [4.69, 9.17) is 9.47 Å². The molecule has 0 aromatic heterocycles. The maximum atomic E-state index is 13.2. The predicted molar refractivity (Wildman–Crippen MR) is 123 cm³/mol. The van der Waals surface area contributed by atoms with Gasteiger partial charge in [0.15, 0.2) is 0 Å². The van der Waals surface area contributed by atoms with Crippen LogP contribution in [0.3, 0.4) is 0 Å². The van der Waals surface area contributed by atoms with Crippen molar-refractivity contribution in [2.45, 2.75) is 38.1 Å². The molecular formula is C24H32N2O5S.